The molecule has 0 radical (unpaired) electrons. The molecular formula is C17H24N4O3. The third-order valence-electron chi connectivity index (χ3n) is 4.91. The molecule has 7 heteroatoms. The van der Waals surface area contributed by atoms with E-state index >= 15 is 0 Å². The van der Waals surface area contributed by atoms with E-state index < -0.39 is 0 Å². The molecule has 4 atom stereocenters. The zero-order valence-corrected chi connectivity index (χ0v) is 14.4. The van der Waals surface area contributed by atoms with Gasteiger partial charge in [0.05, 0.1) is 7.11 Å². The van der Waals surface area contributed by atoms with Gasteiger partial charge in [-0.15, -0.1) is 0 Å². The molecule has 3 saturated heterocycles. The number of hydroxylamine groups is 2. The lowest BCUT2D eigenvalue weighted by Gasteiger charge is -2.50. The highest BCUT2D eigenvalue weighted by molar-refractivity contribution is 5.97. The predicted molar refractivity (Wildman–Crippen MR) is 90.6 cm³/mol. The van der Waals surface area contributed by atoms with Crippen molar-refractivity contribution in [2.45, 2.75) is 19.0 Å². The fourth-order valence-corrected chi connectivity index (χ4v) is 3.35. The molecule has 2 bridgehead atoms. The second-order valence-corrected chi connectivity index (χ2v) is 6.41. The summed E-state index contributed by atoms with van der Waals surface area (Å²) in [6, 6.07) is 7.28. The van der Waals surface area contributed by atoms with Gasteiger partial charge in [-0.3, -0.25) is 24.2 Å². The van der Waals surface area contributed by atoms with Gasteiger partial charge in [0.25, 0.3) is 5.91 Å². The Balaban J connectivity index is 1.62. The molecule has 0 spiro atoms. The Morgan fingerprint density at radius 3 is 2.38 bits per heavy atom. The van der Waals surface area contributed by atoms with E-state index in [4.69, 9.17) is 4.84 Å². The summed E-state index contributed by atoms with van der Waals surface area (Å²) in [5.41, 5.74) is 1.21. The standard InChI is InChI=1S/C17H24N4O3/c1-12-10-21-9-8-20(12)11-15(21)16(22)18-14-6-4-13(5-7-14)17(23)19(2)24-3/h4-7,12,15H,8-11H2,1-3H3,(H,18,22). The average Bonchev–Trinajstić information content (AvgIpc) is 2.61. The minimum Gasteiger partial charge on any atom is -0.325 e. The van der Waals surface area contributed by atoms with Crippen molar-refractivity contribution in [2.24, 2.45) is 0 Å². The molecule has 1 aromatic carbocycles. The van der Waals surface area contributed by atoms with Crippen molar-refractivity contribution in [3.05, 3.63) is 29.8 Å². The zero-order valence-electron chi connectivity index (χ0n) is 14.4. The van der Waals surface area contributed by atoms with Crippen molar-refractivity contribution >= 4 is 17.5 Å². The van der Waals surface area contributed by atoms with Crippen LogP contribution in [0.4, 0.5) is 5.69 Å². The summed E-state index contributed by atoms with van der Waals surface area (Å²) in [5.74, 6) is -0.215. The summed E-state index contributed by atoms with van der Waals surface area (Å²) in [7, 11) is 3.00. The molecule has 2 amide bonds. The summed E-state index contributed by atoms with van der Waals surface area (Å²) < 4.78 is 0. The van der Waals surface area contributed by atoms with Crippen LogP contribution in [0.15, 0.2) is 24.3 Å². The Hall–Kier alpha value is -1.96. The minimum atomic E-state index is -0.229. The molecule has 130 valence electrons. The number of hydrogen-bond donors (Lipinski definition) is 1. The number of carbonyl (C=O) groups excluding carboxylic acids is 2. The van der Waals surface area contributed by atoms with E-state index in [0.29, 0.717) is 17.3 Å². The Bertz CT molecular complexity index is 619. The van der Waals surface area contributed by atoms with Crippen LogP contribution in [-0.4, -0.2) is 79.1 Å². The second kappa shape index (κ2) is 6.88. The van der Waals surface area contributed by atoms with Crippen LogP contribution >= 0.6 is 0 Å². The van der Waals surface area contributed by atoms with Crippen LogP contribution < -0.4 is 5.32 Å². The monoisotopic (exact) mass is 332 g/mol. The van der Waals surface area contributed by atoms with Crippen molar-refractivity contribution in [3.8, 4) is 0 Å². The molecule has 4 rings (SSSR count). The number of piperazine rings is 3. The van der Waals surface area contributed by atoms with E-state index in [1.165, 1.54) is 7.11 Å². The van der Waals surface area contributed by atoms with E-state index in [1.807, 2.05) is 0 Å². The summed E-state index contributed by atoms with van der Waals surface area (Å²) in [4.78, 5) is 34.0. The third kappa shape index (κ3) is 3.28. The van der Waals surface area contributed by atoms with Gasteiger partial charge in [-0.25, -0.2) is 5.06 Å². The van der Waals surface area contributed by atoms with Gasteiger partial charge in [0.1, 0.15) is 6.04 Å². The number of amides is 2. The van der Waals surface area contributed by atoms with Crippen LogP contribution in [0.2, 0.25) is 0 Å². The van der Waals surface area contributed by atoms with Crippen molar-refractivity contribution in [2.75, 3.05) is 45.7 Å². The second-order valence-electron chi connectivity index (χ2n) is 6.41. The molecule has 3 aliphatic heterocycles. The van der Waals surface area contributed by atoms with E-state index in [9.17, 15) is 9.59 Å². The quantitative estimate of drug-likeness (QED) is 0.820. The Morgan fingerprint density at radius 2 is 1.83 bits per heavy atom. The lowest BCUT2D eigenvalue weighted by molar-refractivity contribution is -0.128. The number of rotatable bonds is 4. The summed E-state index contributed by atoms with van der Waals surface area (Å²) >= 11 is 0. The largest absolute Gasteiger partial charge is 0.325 e. The number of nitrogens with one attached hydrogen (secondary N) is 1. The topological polar surface area (TPSA) is 65.1 Å². The third-order valence-corrected chi connectivity index (χ3v) is 4.91. The minimum absolute atomic E-state index is 0.0136. The molecule has 3 fully saturated rings. The predicted octanol–water partition coefficient (Wildman–Crippen LogP) is 0.647. The molecule has 0 aromatic heterocycles. The summed E-state index contributed by atoms with van der Waals surface area (Å²) in [6.45, 7) is 5.90. The van der Waals surface area contributed by atoms with Gasteiger partial charge in [0.2, 0.25) is 5.91 Å². The Morgan fingerprint density at radius 1 is 1.17 bits per heavy atom. The van der Waals surface area contributed by atoms with Gasteiger partial charge >= 0.3 is 0 Å². The van der Waals surface area contributed by atoms with Crippen molar-refractivity contribution in [1.82, 2.24) is 14.9 Å². The van der Waals surface area contributed by atoms with E-state index in [1.54, 1.807) is 31.3 Å². The first-order chi connectivity index (χ1) is 11.5. The van der Waals surface area contributed by atoms with Crippen LogP contribution in [0.1, 0.15) is 17.3 Å². The van der Waals surface area contributed by atoms with Gasteiger partial charge in [-0.1, -0.05) is 0 Å². The van der Waals surface area contributed by atoms with Crippen LogP contribution in [0, 0.1) is 0 Å². The molecule has 0 saturated carbocycles. The normalized spacial score (nSPS) is 28.5. The molecular weight excluding hydrogens is 308 g/mol. The lowest BCUT2D eigenvalue weighted by Crippen LogP contribution is -2.67. The van der Waals surface area contributed by atoms with Gasteiger partial charge in [-0.05, 0) is 31.2 Å². The highest BCUT2D eigenvalue weighted by Crippen LogP contribution is 2.22. The summed E-state index contributed by atoms with van der Waals surface area (Å²) in [5, 5.41) is 4.12. The van der Waals surface area contributed by atoms with Crippen LogP contribution in [0.5, 0.6) is 0 Å². The molecule has 24 heavy (non-hydrogen) atoms. The van der Waals surface area contributed by atoms with E-state index in [2.05, 4.69) is 22.0 Å². The number of anilines is 1. The maximum Gasteiger partial charge on any atom is 0.277 e. The van der Waals surface area contributed by atoms with E-state index in [-0.39, 0.29) is 17.9 Å². The Labute approximate surface area is 142 Å². The van der Waals surface area contributed by atoms with Crippen molar-refractivity contribution in [1.29, 1.82) is 0 Å². The lowest BCUT2D eigenvalue weighted by atomic mass is 10.0. The summed E-state index contributed by atoms with van der Waals surface area (Å²) in [6.07, 6.45) is 0. The molecule has 4 unspecified atom stereocenters. The van der Waals surface area contributed by atoms with Gasteiger partial charge in [-0.2, -0.15) is 0 Å². The first-order valence-electron chi connectivity index (χ1n) is 8.21. The highest BCUT2D eigenvalue weighted by Gasteiger charge is 2.39. The first-order valence-corrected chi connectivity index (χ1v) is 8.21. The molecule has 3 heterocycles. The molecule has 1 aromatic rings. The number of hydrogen-bond acceptors (Lipinski definition) is 5. The first kappa shape index (κ1) is 16.9. The maximum atomic E-state index is 12.6. The van der Waals surface area contributed by atoms with E-state index in [0.717, 1.165) is 31.2 Å². The fraction of sp³-hybridized carbons (Fsp3) is 0.529. The van der Waals surface area contributed by atoms with Gasteiger partial charge in [0, 0.05) is 50.5 Å². The van der Waals surface area contributed by atoms with Crippen molar-refractivity contribution < 1.29 is 14.4 Å². The SMILES string of the molecule is CON(C)C(=O)c1ccc(NC(=O)C2CN3CCN2CC3C)cc1. The smallest absolute Gasteiger partial charge is 0.277 e. The maximum absolute atomic E-state index is 12.6. The zero-order chi connectivity index (χ0) is 17.3. The van der Waals surface area contributed by atoms with Gasteiger partial charge in [0.15, 0.2) is 0 Å². The van der Waals surface area contributed by atoms with Crippen LogP contribution in [0.25, 0.3) is 0 Å². The number of carbonyl (C=O) groups is 2. The number of benzene rings is 1. The number of nitrogens with zero attached hydrogens (tertiary/aromatic N) is 3. The average molecular weight is 332 g/mol. The molecule has 0 aliphatic carbocycles. The van der Waals surface area contributed by atoms with Crippen LogP contribution in [0.3, 0.4) is 0 Å². The van der Waals surface area contributed by atoms with Crippen LogP contribution in [-0.2, 0) is 9.63 Å². The highest BCUT2D eigenvalue weighted by atomic mass is 16.7. The number of fused-ring (bicyclic) bond motifs is 3. The molecule has 3 aliphatic rings. The molecule has 1 N–H and O–H groups in total. The van der Waals surface area contributed by atoms with Gasteiger partial charge < -0.3 is 5.32 Å². The fourth-order valence-electron chi connectivity index (χ4n) is 3.35. The Kier molecular flexibility index (Phi) is 4.84. The van der Waals surface area contributed by atoms with Crippen molar-refractivity contribution in [3.63, 3.8) is 0 Å². The molecule has 7 nitrogen and oxygen atoms in total.